The Morgan fingerprint density at radius 3 is 1.18 bits per heavy atom. The number of rotatable bonds is 3. The van der Waals surface area contributed by atoms with Gasteiger partial charge in [0.2, 0.25) is 0 Å². The summed E-state index contributed by atoms with van der Waals surface area (Å²) in [6.45, 7) is 14.3. The standard InChI is InChI=1S/C34H36O2P2/c1-33(2,3)37-29-25(23-15-9-7-10-16-23)19-13-21-27(29)35-31(37)32-36-28-22-14-20-26(24-17-11-8-12-18-24)30(28)38(32)34(4,5)6/h7-22,31-32H,1-6H3/t31-,32?,37-,38-/m0/s1. The predicted octanol–water partition coefficient (Wildman–Crippen LogP) is 8.97. The molecule has 6 rings (SSSR count). The highest BCUT2D eigenvalue weighted by Gasteiger charge is 2.55. The van der Waals surface area contributed by atoms with Crippen molar-refractivity contribution in [3.63, 3.8) is 0 Å². The van der Waals surface area contributed by atoms with E-state index in [9.17, 15) is 0 Å². The van der Waals surface area contributed by atoms with E-state index in [4.69, 9.17) is 9.47 Å². The minimum atomic E-state index is -0.692. The molecule has 4 aromatic carbocycles. The van der Waals surface area contributed by atoms with E-state index < -0.39 is 15.8 Å². The molecule has 2 nitrogen and oxygen atoms in total. The average Bonchev–Trinajstić information content (AvgIpc) is 3.48. The van der Waals surface area contributed by atoms with Crippen molar-refractivity contribution in [1.82, 2.24) is 0 Å². The first kappa shape index (κ1) is 25.6. The molecule has 38 heavy (non-hydrogen) atoms. The van der Waals surface area contributed by atoms with Crippen LogP contribution in [0.15, 0.2) is 97.1 Å². The van der Waals surface area contributed by atoms with Crippen molar-refractivity contribution in [2.24, 2.45) is 0 Å². The highest BCUT2D eigenvalue weighted by atomic mass is 31.1. The van der Waals surface area contributed by atoms with Crippen LogP contribution in [-0.4, -0.2) is 22.0 Å². The Morgan fingerprint density at radius 2 is 0.842 bits per heavy atom. The number of ether oxygens (including phenoxy) is 2. The van der Waals surface area contributed by atoms with Gasteiger partial charge in [-0.2, -0.15) is 0 Å². The van der Waals surface area contributed by atoms with Gasteiger partial charge in [0.1, 0.15) is 11.5 Å². The van der Waals surface area contributed by atoms with Crippen molar-refractivity contribution in [2.45, 2.75) is 63.5 Å². The van der Waals surface area contributed by atoms with Crippen molar-refractivity contribution in [3.05, 3.63) is 97.1 Å². The molecule has 0 spiro atoms. The minimum absolute atomic E-state index is 0.00813. The van der Waals surface area contributed by atoms with Crippen molar-refractivity contribution in [2.75, 3.05) is 0 Å². The summed E-state index contributed by atoms with van der Waals surface area (Å²) in [4.78, 5) is 0. The first-order valence-corrected chi connectivity index (χ1v) is 16.3. The summed E-state index contributed by atoms with van der Waals surface area (Å²) in [5.41, 5.74) is 5.11. The van der Waals surface area contributed by atoms with Gasteiger partial charge in [-0.3, -0.25) is 0 Å². The first-order chi connectivity index (χ1) is 18.1. The number of fused-ring (bicyclic) bond motifs is 2. The lowest BCUT2D eigenvalue weighted by Gasteiger charge is -2.40. The van der Waals surface area contributed by atoms with Crippen LogP contribution in [0.25, 0.3) is 22.3 Å². The lowest BCUT2D eigenvalue weighted by molar-refractivity contribution is 0.171. The van der Waals surface area contributed by atoms with E-state index in [0.29, 0.717) is 0 Å². The molecular weight excluding hydrogens is 502 g/mol. The second-order valence-corrected chi connectivity index (χ2v) is 18.2. The van der Waals surface area contributed by atoms with Crippen LogP contribution in [0.4, 0.5) is 0 Å². The Kier molecular flexibility index (Phi) is 6.41. The second kappa shape index (κ2) is 9.51. The number of hydrogen-bond acceptors (Lipinski definition) is 2. The van der Waals surface area contributed by atoms with Gasteiger partial charge in [0.05, 0.1) is 0 Å². The minimum Gasteiger partial charge on any atom is -0.481 e. The fourth-order valence-corrected chi connectivity index (χ4v) is 12.8. The van der Waals surface area contributed by atoms with Crippen LogP contribution in [0.2, 0.25) is 0 Å². The molecule has 0 saturated heterocycles. The van der Waals surface area contributed by atoms with Gasteiger partial charge in [0.25, 0.3) is 0 Å². The van der Waals surface area contributed by atoms with Crippen LogP contribution < -0.4 is 20.1 Å². The smallest absolute Gasteiger partial charge is 0.162 e. The van der Waals surface area contributed by atoms with E-state index in [-0.39, 0.29) is 22.0 Å². The molecule has 4 atom stereocenters. The van der Waals surface area contributed by atoms with Crippen molar-refractivity contribution >= 4 is 26.5 Å². The van der Waals surface area contributed by atoms with Crippen LogP contribution in [0, 0.1) is 0 Å². The molecule has 0 aliphatic carbocycles. The summed E-state index contributed by atoms with van der Waals surface area (Å²) in [6, 6.07) is 34.7. The molecule has 0 fully saturated rings. The zero-order valence-corrected chi connectivity index (χ0v) is 24.9. The summed E-state index contributed by atoms with van der Waals surface area (Å²) in [7, 11) is -1.38. The molecule has 0 saturated carbocycles. The topological polar surface area (TPSA) is 18.5 Å². The van der Waals surface area contributed by atoms with Gasteiger partial charge in [-0.05, 0) is 60.5 Å². The molecule has 0 radical (unpaired) electrons. The number of hydrogen-bond donors (Lipinski definition) is 0. The molecule has 0 bridgehead atoms. The maximum atomic E-state index is 7.01. The van der Waals surface area contributed by atoms with Crippen LogP contribution in [0.3, 0.4) is 0 Å². The van der Waals surface area contributed by atoms with Crippen LogP contribution in [0.5, 0.6) is 11.5 Å². The molecule has 1 unspecified atom stereocenters. The predicted molar refractivity (Wildman–Crippen MR) is 165 cm³/mol. The average molecular weight is 539 g/mol. The largest absolute Gasteiger partial charge is 0.481 e. The van der Waals surface area contributed by atoms with Gasteiger partial charge in [0.15, 0.2) is 11.7 Å². The van der Waals surface area contributed by atoms with E-state index in [0.717, 1.165) is 11.5 Å². The fourth-order valence-electron chi connectivity index (χ4n) is 5.86. The van der Waals surface area contributed by atoms with E-state index >= 15 is 0 Å². The normalized spacial score (nSPS) is 22.4. The first-order valence-electron chi connectivity index (χ1n) is 13.4. The lowest BCUT2D eigenvalue weighted by atomic mass is 10.1. The fraction of sp³-hybridized carbons (Fsp3) is 0.294. The highest BCUT2D eigenvalue weighted by molar-refractivity contribution is 7.72. The monoisotopic (exact) mass is 538 g/mol. The van der Waals surface area contributed by atoms with Crippen LogP contribution in [-0.2, 0) is 0 Å². The molecule has 0 aromatic heterocycles. The molecule has 2 aliphatic rings. The summed E-state index contributed by atoms with van der Waals surface area (Å²) >= 11 is 0. The van der Waals surface area contributed by atoms with E-state index in [1.165, 1.54) is 32.9 Å². The second-order valence-electron chi connectivity index (χ2n) is 12.1. The molecule has 0 N–H and O–H groups in total. The SMILES string of the molecule is CC(C)(C)[P@@]1c2c(cccc2-c2ccccc2)OC1[C@H]1Oc2cccc(-c3ccccc3)c2[P@]1C(C)(C)C. The molecule has 4 heteroatoms. The Hall–Kier alpha value is -2.66. The summed E-state index contributed by atoms with van der Waals surface area (Å²) in [5, 5.41) is 2.88. The van der Waals surface area contributed by atoms with Crippen LogP contribution in [0.1, 0.15) is 41.5 Å². The van der Waals surface area contributed by atoms with Gasteiger partial charge < -0.3 is 9.47 Å². The Labute approximate surface area is 229 Å². The summed E-state index contributed by atoms with van der Waals surface area (Å²) in [6.07, 6.45) is 0. The summed E-state index contributed by atoms with van der Waals surface area (Å²) < 4.78 is 14.0. The molecule has 4 aromatic rings. The number of benzene rings is 4. The quantitative estimate of drug-likeness (QED) is 0.242. The highest BCUT2D eigenvalue weighted by Crippen LogP contribution is 2.69. The van der Waals surface area contributed by atoms with E-state index in [1.807, 2.05) is 0 Å². The maximum absolute atomic E-state index is 7.01. The third-order valence-electron chi connectivity index (χ3n) is 7.34. The molecule has 0 amide bonds. The van der Waals surface area contributed by atoms with Crippen molar-refractivity contribution in [3.8, 4) is 33.8 Å². The Balaban J connectivity index is 1.50. The molecule has 2 heterocycles. The zero-order valence-electron chi connectivity index (χ0n) is 23.1. The summed E-state index contributed by atoms with van der Waals surface area (Å²) in [5.74, 6) is 2.05. The van der Waals surface area contributed by atoms with Gasteiger partial charge in [-0.1, -0.05) is 126 Å². The van der Waals surface area contributed by atoms with Crippen molar-refractivity contribution in [1.29, 1.82) is 0 Å². The third kappa shape index (κ3) is 4.37. The molecular formula is C34H36O2P2. The van der Waals surface area contributed by atoms with Crippen LogP contribution >= 0.6 is 15.8 Å². The lowest BCUT2D eigenvalue weighted by Crippen LogP contribution is -2.38. The maximum Gasteiger partial charge on any atom is 0.162 e. The molecule has 194 valence electrons. The van der Waals surface area contributed by atoms with E-state index in [2.05, 4.69) is 139 Å². The van der Waals surface area contributed by atoms with Gasteiger partial charge >= 0.3 is 0 Å². The zero-order chi connectivity index (χ0) is 26.7. The molecule has 2 aliphatic heterocycles. The third-order valence-corrected chi connectivity index (χ3v) is 14.1. The Bertz CT molecular complexity index is 1340. The Morgan fingerprint density at radius 1 is 0.474 bits per heavy atom. The van der Waals surface area contributed by atoms with E-state index in [1.54, 1.807) is 0 Å². The van der Waals surface area contributed by atoms with Gasteiger partial charge in [-0.15, -0.1) is 0 Å². The van der Waals surface area contributed by atoms with Gasteiger partial charge in [0, 0.05) is 10.6 Å². The van der Waals surface area contributed by atoms with Crippen molar-refractivity contribution < 1.29 is 9.47 Å². The van der Waals surface area contributed by atoms with Gasteiger partial charge in [-0.25, -0.2) is 0 Å².